The summed E-state index contributed by atoms with van der Waals surface area (Å²) in [6.45, 7) is 5.76. The molecular weight excluding hydrogens is 352 g/mol. The van der Waals surface area contributed by atoms with E-state index in [1.54, 1.807) is 0 Å². The average molecular weight is 374 g/mol. The SMILES string of the molecule is CON(C)S(=O)(=O)c1cccc(C(=O)NNC(=S)NC(C)(C)C)c1. The van der Waals surface area contributed by atoms with E-state index < -0.39 is 15.9 Å². The Morgan fingerprint density at radius 1 is 1.25 bits per heavy atom. The Balaban J connectivity index is 2.83. The molecule has 0 atom stereocenters. The Morgan fingerprint density at radius 2 is 1.88 bits per heavy atom. The van der Waals surface area contributed by atoms with Crippen molar-refractivity contribution >= 4 is 33.3 Å². The lowest BCUT2D eigenvalue weighted by molar-refractivity contribution is -0.0258. The minimum atomic E-state index is -3.83. The van der Waals surface area contributed by atoms with Gasteiger partial charge in [-0.3, -0.25) is 20.5 Å². The zero-order valence-electron chi connectivity index (χ0n) is 14.2. The summed E-state index contributed by atoms with van der Waals surface area (Å²) in [5.74, 6) is -0.523. The summed E-state index contributed by atoms with van der Waals surface area (Å²) in [4.78, 5) is 16.8. The number of hydrogen-bond donors (Lipinski definition) is 3. The zero-order valence-corrected chi connectivity index (χ0v) is 15.8. The van der Waals surface area contributed by atoms with Gasteiger partial charge in [0.15, 0.2) is 5.11 Å². The van der Waals surface area contributed by atoms with E-state index in [0.29, 0.717) is 4.47 Å². The molecule has 8 nitrogen and oxygen atoms in total. The average Bonchev–Trinajstić information content (AvgIpc) is 2.50. The summed E-state index contributed by atoms with van der Waals surface area (Å²) in [6, 6.07) is 5.59. The Bertz CT molecular complexity index is 714. The van der Waals surface area contributed by atoms with E-state index in [0.717, 1.165) is 0 Å². The van der Waals surface area contributed by atoms with Gasteiger partial charge in [0.05, 0.1) is 12.0 Å². The van der Waals surface area contributed by atoms with Crippen LogP contribution < -0.4 is 16.2 Å². The molecule has 0 bridgehead atoms. The third kappa shape index (κ3) is 5.71. The van der Waals surface area contributed by atoms with Crippen LogP contribution in [0.25, 0.3) is 0 Å². The second-order valence-electron chi connectivity index (χ2n) is 5.91. The molecule has 0 radical (unpaired) electrons. The molecule has 1 amide bonds. The molecule has 0 spiro atoms. The normalized spacial score (nSPS) is 11.9. The van der Waals surface area contributed by atoms with Crippen molar-refractivity contribution in [2.75, 3.05) is 14.2 Å². The monoisotopic (exact) mass is 374 g/mol. The van der Waals surface area contributed by atoms with E-state index in [-0.39, 0.29) is 21.1 Å². The van der Waals surface area contributed by atoms with Crippen molar-refractivity contribution in [1.82, 2.24) is 20.6 Å². The summed E-state index contributed by atoms with van der Waals surface area (Å²) in [5.41, 5.74) is 4.88. The van der Waals surface area contributed by atoms with Crippen LogP contribution in [0.15, 0.2) is 29.2 Å². The van der Waals surface area contributed by atoms with E-state index in [2.05, 4.69) is 16.2 Å². The molecule has 24 heavy (non-hydrogen) atoms. The lowest BCUT2D eigenvalue weighted by Crippen LogP contribution is -2.52. The zero-order chi connectivity index (χ0) is 18.5. The number of hydrazine groups is 1. The van der Waals surface area contributed by atoms with Gasteiger partial charge in [-0.1, -0.05) is 10.5 Å². The van der Waals surface area contributed by atoms with Crippen LogP contribution in [0.3, 0.4) is 0 Å². The fourth-order valence-corrected chi connectivity index (χ4v) is 2.98. The topological polar surface area (TPSA) is 99.8 Å². The number of sulfonamides is 1. The summed E-state index contributed by atoms with van der Waals surface area (Å²) < 4.78 is 25.1. The first kappa shape index (κ1) is 20.3. The van der Waals surface area contributed by atoms with Crippen LogP contribution in [-0.4, -0.2) is 43.6 Å². The first-order valence-corrected chi connectivity index (χ1v) is 8.84. The molecule has 0 fully saturated rings. The van der Waals surface area contributed by atoms with Crippen molar-refractivity contribution in [2.45, 2.75) is 31.2 Å². The van der Waals surface area contributed by atoms with Crippen LogP contribution in [0.4, 0.5) is 0 Å². The fourth-order valence-electron chi connectivity index (χ4n) is 1.60. The highest BCUT2D eigenvalue weighted by Gasteiger charge is 2.22. The van der Waals surface area contributed by atoms with E-state index in [1.807, 2.05) is 20.8 Å². The van der Waals surface area contributed by atoms with Crippen molar-refractivity contribution in [3.63, 3.8) is 0 Å². The maximum absolute atomic E-state index is 12.2. The Labute approximate surface area is 147 Å². The van der Waals surface area contributed by atoms with Gasteiger partial charge < -0.3 is 5.32 Å². The highest BCUT2D eigenvalue weighted by molar-refractivity contribution is 7.89. The molecule has 3 N–H and O–H groups in total. The van der Waals surface area contributed by atoms with E-state index in [4.69, 9.17) is 17.1 Å². The molecule has 0 heterocycles. The number of nitrogens with one attached hydrogen (secondary N) is 3. The number of hydroxylamine groups is 1. The molecule has 0 saturated carbocycles. The maximum atomic E-state index is 12.2. The van der Waals surface area contributed by atoms with Gasteiger partial charge in [-0.2, -0.15) is 0 Å². The van der Waals surface area contributed by atoms with Crippen molar-refractivity contribution in [2.24, 2.45) is 0 Å². The standard InChI is InChI=1S/C14H22N4O4S2/c1-14(2,3)15-13(23)17-16-12(19)10-7-6-8-11(9-10)24(20,21)18(4)22-5/h6-9H,1-5H3,(H,16,19)(H2,15,17,23). The lowest BCUT2D eigenvalue weighted by atomic mass is 10.1. The lowest BCUT2D eigenvalue weighted by Gasteiger charge is -2.23. The molecule has 0 aliphatic carbocycles. The third-order valence-electron chi connectivity index (χ3n) is 2.77. The smallest absolute Gasteiger partial charge is 0.269 e. The highest BCUT2D eigenvalue weighted by atomic mass is 32.2. The predicted octanol–water partition coefficient (Wildman–Crippen LogP) is 0.776. The van der Waals surface area contributed by atoms with Gasteiger partial charge in [-0.15, -0.1) is 0 Å². The number of amides is 1. The Morgan fingerprint density at radius 3 is 2.42 bits per heavy atom. The minimum Gasteiger partial charge on any atom is -0.357 e. The number of carbonyl (C=O) groups excluding carboxylic acids is 1. The van der Waals surface area contributed by atoms with Crippen LogP contribution in [0.1, 0.15) is 31.1 Å². The van der Waals surface area contributed by atoms with Crippen LogP contribution in [-0.2, 0) is 14.9 Å². The van der Waals surface area contributed by atoms with E-state index >= 15 is 0 Å². The van der Waals surface area contributed by atoms with Crippen LogP contribution in [0.2, 0.25) is 0 Å². The molecule has 10 heteroatoms. The van der Waals surface area contributed by atoms with Crippen molar-refractivity contribution in [3.05, 3.63) is 29.8 Å². The van der Waals surface area contributed by atoms with Gasteiger partial charge in [-0.25, -0.2) is 8.42 Å². The Kier molecular flexibility index (Phi) is 6.67. The first-order valence-electron chi connectivity index (χ1n) is 6.99. The van der Waals surface area contributed by atoms with E-state index in [9.17, 15) is 13.2 Å². The molecule has 0 aliphatic heterocycles. The summed E-state index contributed by atoms with van der Waals surface area (Å²) in [5, 5.41) is 3.22. The van der Waals surface area contributed by atoms with Crippen LogP contribution >= 0.6 is 12.2 Å². The summed E-state index contributed by atoms with van der Waals surface area (Å²) in [7, 11) is -1.33. The number of rotatable bonds is 4. The van der Waals surface area contributed by atoms with Gasteiger partial charge in [0.2, 0.25) is 0 Å². The largest absolute Gasteiger partial charge is 0.357 e. The van der Waals surface area contributed by atoms with Gasteiger partial charge in [0.1, 0.15) is 0 Å². The number of hydrogen-bond acceptors (Lipinski definition) is 5. The van der Waals surface area contributed by atoms with Gasteiger partial charge in [-0.05, 0) is 51.2 Å². The fraction of sp³-hybridized carbons (Fsp3) is 0.429. The second kappa shape index (κ2) is 7.88. The maximum Gasteiger partial charge on any atom is 0.269 e. The molecule has 1 aromatic carbocycles. The molecular formula is C14H22N4O4S2. The summed E-state index contributed by atoms with van der Waals surface area (Å²) >= 11 is 5.05. The second-order valence-corrected chi connectivity index (χ2v) is 8.25. The quantitative estimate of drug-likeness (QED) is 0.529. The molecule has 1 rings (SSSR count). The Hall–Kier alpha value is -1.75. The molecule has 0 aromatic heterocycles. The third-order valence-corrected chi connectivity index (χ3v) is 4.65. The molecule has 0 saturated heterocycles. The first-order chi connectivity index (χ1) is 11.0. The van der Waals surface area contributed by atoms with E-state index in [1.165, 1.54) is 38.4 Å². The van der Waals surface area contributed by atoms with Crippen LogP contribution in [0, 0.1) is 0 Å². The summed E-state index contributed by atoms with van der Waals surface area (Å²) in [6.07, 6.45) is 0. The number of benzene rings is 1. The number of carbonyl (C=O) groups is 1. The molecule has 0 aliphatic rings. The number of nitrogens with zero attached hydrogens (tertiary/aromatic N) is 1. The van der Waals surface area contributed by atoms with Crippen molar-refractivity contribution in [3.8, 4) is 0 Å². The van der Waals surface area contributed by atoms with Crippen molar-refractivity contribution in [1.29, 1.82) is 0 Å². The van der Waals surface area contributed by atoms with Gasteiger partial charge in [0.25, 0.3) is 15.9 Å². The molecule has 0 unspecified atom stereocenters. The van der Waals surface area contributed by atoms with Gasteiger partial charge >= 0.3 is 0 Å². The molecule has 134 valence electrons. The number of thiocarbonyl (C=S) groups is 1. The van der Waals surface area contributed by atoms with Crippen LogP contribution in [0.5, 0.6) is 0 Å². The minimum absolute atomic E-state index is 0.0603. The highest BCUT2D eigenvalue weighted by Crippen LogP contribution is 2.15. The predicted molar refractivity (Wildman–Crippen MR) is 94.5 cm³/mol. The molecule has 1 aromatic rings. The van der Waals surface area contributed by atoms with Crippen molar-refractivity contribution < 1.29 is 18.0 Å². The van der Waals surface area contributed by atoms with Gasteiger partial charge in [0, 0.05) is 18.2 Å².